The van der Waals surface area contributed by atoms with E-state index in [0.29, 0.717) is 38.0 Å². The van der Waals surface area contributed by atoms with Crippen LogP contribution in [0.5, 0.6) is 0 Å². The van der Waals surface area contributed by atoms with Gasteiger partial charge in [-0.25, -0.2) is 14.2 Å². The first kappa shape index (κ1) is 47.3. The SMILES string of the molecule is CC[C@H]1OC(=O)[C@H](C)C(=O)[C@H](C)[C@@H](O[C@@H]2O[C@H](C)C[C@H](N(C)CC)[C@H]2O)[C@](C)(OC)C[C@@H](C)C(=O)[C@H](C)[C@@H]2N(CCCCn3cnc(-c4ccc(F)cc4)c3)C(=O)O[C@@]21C. The molecule has 3 fully saturated rings. The molecule has 1 N–H and O–H groups in total. The van der Waals surface area contributed by atoms with E-state index in [-0.39, 0.29) is 43.1 Å². The van der Waals surface area contributed by atoms with E-state index in [1.807, 2.05) is 43.5 Å². The van der Waals surface area contributed by atoms with Crippen LogP contribution >= 0.6 is 0 Å². The van der Waals surface area contributed by atoms with Crippen molar-refractivity contribution >= 4 is 23.6 Å². The number of carbonyl (C=O) groups excluding carboxylic acids is 4. The number of rotatable bonds is 12. The molecule has 0 aliphatic carbocycles. The molecule has 3 aliphatic heterocycles. The molecule has 0 radical (unpaired) electrons. The Kier molecular flexibility index (Phi) is 15.4. The van der Waals surface area contributed by atoms with Crippen molar-refractivity contribution in [2.24, 2.45) is 23.7 Å². The van der Waals surface area contributed by atoms with Crippen LogP contribution in [0.2, 0.25) is 0 Å². The number of benzene rings is 1. The summed E-state index contributed by atoms with van der Waals surface area (Å²) in [5.74, 6) is -5.38. The lowest BCUT2D eigenvalue weighted by atomic mass is 9.73. The molecule has 60 heavy (non-hydrogen) atoms. The minimum absolute atomic E-state index is 0.116. The van der Waals surface area contributed by atoms with Crippen molar-refractivity contribution < 1.29 is 52.4 Å². The zero-order chi connectivity index (χ0) is 44.3. The Morgan fingerprint density at radius 1 is 0.983 bits per heavy atom. The Morgan fingerprint density at radius 3 is 2.28 bits per heavy atom. The second-order valence-electron chi connectivity index (χ2n) is 17.7. The number of hydrogen-bond donors (Lipinski definition) is 1. The van der Waals surface area contributed by atoms with Gasteiger partial charge >= 0.3 is 12.1 Å². The zero-order valence-electron chi connectivity index (χ0n) is 37.3. The number of halogens is 1. The highest BCUT2D eigenvalue weighted by Crippen LogP contribution is 2.43. The molecule has 0 saturated carbocycles. The van der Waals surface area contributed by atoms with Gasteiger partial charge in [-0.05, 0) is 97.7 Å². The van der Waals surface area contributed by atoms with E-state index in [4.69, 9.17) is 23.7 Å². The average molecular weight is 843 g/mol. The summed E-state index contributed by atoms with van der Waals surface area (Å²) < 4.78 is 46.7. The van der Waals surface area contributed by atoms with Crippen LogP contribution in [-0.2, 0) is 44.6 Å². The largest absolute Gasteiger partial charge is 0.458 e. The molecule has 334 valence electrons. The van der Waals surface area contributed by atoms with Gasteiger partial charge in [0, 0.05) is 55.8 Å². The first-order chi connectivity index (χ1) is 28.3. The van der Waals surface area contributed by atoms with Crippen LogP contribution in [0.1, 0.15) is 94.4 Å². The van der Waals surface area contributed by atoms with Crippen molar-refractivity contribution in [1.29, 1.82) is 0 Å². The standard InChI is InChI=1S/C45H67FN4O10/c1-12-35-45(9)39(50(43(55)60-45)21-15-14-20-49-24-33(47-25-49)31-16-18-32(46)19-17-31)28(5)36(51)26(3)23-44(8,56-11)40(29(6)37(52)30(7)41(54)58-35)59-42-38(53)34(48(10)13-2)22-27(4)57-42/h16-19,24-30,34-35,38-40,42,53H,12-15,20-23H2,1-11H3/t26-,27-,28+,29+,30-,34+,35-,38-,39+,40-,42+,44-,45-/m1/s1. The predicted octanol–water partition coefficient (Wildman–Crippen LogP) is 6.06. The van der Waals surface area contributed by atoms with Gasteiger partial charge in [0.15, 0.2) is 17.7 Å². The van der Waals surface area contributed by atoms with Crippen molar-refractivity contribution in [2.75, 3.05) is 27.2 Å². The maximum Gasteiger partial charge on any atom is 0.410 e. The van der Waals surface area contributed by atoms with Crippen molar-refractivity contribution in [3.8, 4) is 11.3 Å². The fourth-order valence-electron chi connectivity index (χ4n) is 9.70. The van der Waals surface area contributed by atoms with Crippen molar-refractivity contribution in [3.63, 3.8) is 0 Å². The van der Waals surface area contributed by atoms with Gasteiger partial charge in [-0.3, -0.25) is 14.4 Å². The summed E-state index contributed by atoms with van der Waals surface area (Å²) >= 11 is 0. The molecule has 4 heterocycles. The molecule has 3 saturated heterocycles. The van der Waals surface area contributed by atoms with E-state index in [2.05, 4.69) is 4.98 Å². The number of nitrogens with zero attached hydrogens (tertiary/aromatic N) is 4. The third-order valence-corrected chi connectivity index (χ3v) is 13.4. The average Bonchev–Trinajstić information content (AvgIpc) is 3.80. The number of fused-ring (bicyclic) bond motifs is 1. The number of methoxy groups -OCH3 is 1. The molecule has 5 rings (SSSR count). The number of cyclic esters (lactones) is 1. The number of Topliss-reactive ketones (excluding diaryl/α,β-unsaturated/α-hetero) is 2. The molecule has 0 bridgehead atoms. The van der Waals surface area contributed by atoms with Gasteiger partial charge in [0.1, 0.15) is 29.7 Å². The number of ketones is 2. The predicted molar refractivity (Wildman–Crippen MR) is 221 cm³/mol. The molecule has 2 aromatic rings. The Balaban J connectivity index is 1.43. The minimum atomic E-state index is -1.42. The van der Waals surface area contributed by atoms with E-state index in [1.165, 1.54) is 26.2 Å². The summed E-state index contributed by atoms with van der Waals surface area (Å²) in [7, 11) is 3.41. The van der Waals surface area contributed by atoms with Gasteiger partial charge in [-0.1, -0.05) is 34.6 Å². The molecule has 1 amide bonds. The van der Waals surface area contributed by atoms with E-state index in [1.54, 1.807) is 58.0 Å². The number of hydrogen-bond acceptors (Lipinski definition) is 12. The van der Waals surface area contributed by atoms with Gasteiger partial charge < -0.3 is 43.2 Å². The zero-order valence-corrected chi connectivity index (χ0v) is 37.3. The molecule has 14 nitrogen and oxygen atoms in total. The Labute approximate surface area is 354 Å². The van der Waals surface area contributed by atoms with Crippen LogP contribution < -0.4 is 0 Å². The first-order valence-electron chi connectivity index (χ1n) is 21.6. The number of aromatic nitrogens is 2. The number of aliphatic hydroxyl groups is 1. The maximum atomic E-state index is 14.7. The lowest BCUT2D eigenvalue weighted by Gasteiger charge is -2.47. The first-order valence-corrected chi connectivity index (χ1v) is 21.6. The molecule has 0 unspecified atom stereocenters. The van der Waals surface area contributed by atoms with Crippen LogP contribution in [0.4, 0.5) is 9.18 Å². The highest BCUT2D eigenvalue weighted by Gasteiger charge is 2.60. The van der Waals surface area contributed by atoms with E-state index in [0.717, 1.165) is 5.56 Å². The Hall–Kier alpha value is -3.76. The smallest absolute Gasteiger partial charge is 0.410 e. The number of unbranched alkanes of at least 4 members (excludes halogenated alkanes) is 1. The number of likely N-dealkylation sites (N-methyl/N-ethyl adjacent to an activating group) is 1. The normalized spacial score (nSPS) is 35.9. The fourth-order valence-corrected chi connectivity index (χ4v) is 9.70. The monoisotopic (exact) mass is 842 g/mol. The third kappa shape index (κ3) is 9.80. The van der Waals surface area contributed by atoms with Crippen LogP contribution in [0.3, 0.4) is 0 Å². The van der Waals surface area contributed by atoms with E-state index in [9.17, 15) is 28.7 Å². The highest BCUT2D eigenvalue weighted by molar-refractivity contribution is 6.00. The Morgan fingerprint density at radius 2 is 1.65 bits per heavy atom. The molecule has 0 spiro atoms. The van der Waals surface area contributed by atoms with Crippen molar-refractivity contribution in [3.05, 3.63) is 42.6 Å². The van der Waals surface area contributed by atoms with Gasteiger partial charge in [0.2, 0.25) is 0 Å². The van der Waals surface area contributed by atoms with Gasteiger partial charge in [-0.2, -0.15) is 0 Å². The number of aryl methyl sites for hydroxylation is 1. The van der Waals surface area contributed by atoms with Crippen LogP contribution in [0.25, 0.3) is 11.3 Å². The van der Waals surface area contributed by atoms with Crippen molar-refractivity contribution in [2.45, 2.75) is 155 Å². The van der Waals surface area contributed by atoms with Gasteiger partial charge in [0.05, 0.1) is 35.9 Å². The molecular weight excluding hydrogens is 776 g/mol. The van der Waals surface area contributed by atoms with E-state index < -0.39 is 83.4 Å². The number of carbonyl (C=O) groups is 4. The summed E-state index contributed by atoms with van der Waals surface area (Å²) in [4.78, 5) is 65.0. The number of amides is 1. The second kappa shape index (κ2) is 19.5. The molecule has 13 atom stereocenters. The lowest BCUT2D eigenvalue weighted by molar-refractivity contribution is -0.296. The van der Waals surface area contributed by atoms with E-state index >= 15 is 0 Å². The second-order valence-corrected chi connectivity index (χ2v) is 17.7. The quantitative estimate of drug-likeness (QED) is 0.150. The number of imidazole rings is 1. The third-order valence-electron chi connectivity index (χ3n) is 13.4. The van der Waals surface area contributed by atoms with Crippen LogP contribution in [0, 0.1) is 29.5 Å². The summed E-state index contributed by atoms with van der Waals surface area (Å²) in [6.07, 6.45) is 0.660. The molecule has 3 aliphatic rings. The van der Waals surface area contributed by atoms with Crippen molar-refractivity contribution in [1.82, 2.24) is 19.4 Å². The molecule has 15 heteroatoms. The summed E-state index contributed by atoms with van der Waals surface area (Å²) in [5, 5.41) is 11.6. The van der Waals surface area contributed by atoms with Gasteiger partial charge in [-0.15, -0.1) is 0 Å². The molecular formula is C45H67FN4O10. The van der Waals surface area contributed by atoms with Crippen LogP contribution in [-0.4, -0.2) is 129 Å². The highest BCUT2D eigenvalue weighted by atomic mass is 19.1. The minimum Gasteiger partial charge on any atom is -0.458 e. The summed E-state index contributed by atoms with van der Waals surface area (Å²) in [5.41, 5.74) is -1.20. The number of aliphatic hydroxyl groups excluding tert-OH is 1. The maximum absolute atomic E-state index is 14.7. The molecule has 1 aromatic carbocycles. The lowest BCUT2D eigenvalue weighted by Crippen LogP contribution is -2.60. The fraction of sp³-hybridized carbons (Fsp3) is 0.711. The summed E-state index contributed by atoms with van der Waals surface area (Å²) in [6, 6.07) is 5.04. The Bertz CT molecular complexity index is 1810. The number of ether oxygens (including phenoxy) is 5. The summed E-state index contributed by atoms with van der Waals surface area (Å²) in [6.45, 7) is 17.5. The van der Waals surface area contributed by atoms with Gasteiger partial charge in [0.25, 0.3) is 0 Å². The topological polar surface area (TPSA) is 159 Å². The van der Waals surface area contributed by atoms with Crippen LogP contribution in [0.15, 0.2) is 36.8 Å². The number of esters is 1. The molecule has 1 aromatic heterocycles.